The van der Waals surface area contributed by atoms with Crippen LogP contribution < -0.4 is 21.9 Å². The molecule has 94 valence electrons. The van der Waals surface area contributed by atoms with E-state index in [0.29, 0.717) is 13.1 Å². The first-order valence-electron chi connectivity index (χ1n) is 5.27. The monoisotopic (exact) mass is 239 g/mol. The lowest BCUT2D eigenvalue weighted by atomic mass is 10.3. The first-order chi connectivity index (χ1) is 7.99. The highest BCUT2D eigenvalue weighted by Gasteiger charge is 2.15. The number of nitrogen functional groups attached to an aromatic ring is 3. The Bertz CT molecular complexity index is 417. The first kappa shape index (κ1) is 12.9. The summed E-state index contributed by atoms with van der Waals surface area (Å²) in [7, 11) is 0. The third kappa shape index (κ3) is 2.90. The number of pyridine rings is 1. The Kier molecular flexibility index (Phi) is 3.97. The summed E-state index contributed by atoms with van der Waals surface area (Å²) in [5.41, 5.74) is 16.8. The van der Waals surface area contributed by atoms with Gasteiger partial charge in [-0.1, -0.05) is 0 Å². The van der Waals surface area contributed by atoms with Crippen LogP contribution in [-0.4, -0.2) is 29.1 Å². The smallest absolute Gasteiger partial charge is 0.406 e. The van der Waals surface area contributed by atoms with Crippen molar-refractivity contribution in [2.24, 2.45) is 0 Å². The molecule has 0 saturated heterocycles. The minimum Gasteiger partial charge on any atom is -0.406 e. The molecule has 1 aromatic heterocycles. The predicted octanol–water partition coefficient (Wildman–Crippen LogP) is 0.669. The molecule has 1 aromatic rings. The maximum atomic E-state index is 11.7. The van der Waals surface area contributed by atoms with E-state index < -0.39 is 6.09 Å². The van der Waals surface area contributed by atoms with Gasteiger partial charge in [0.15, 0.2) is 11.6 Å². The number of nitrogens with two attached hydrogens (primary N) is 3. The second-order valence-corrected chi connectivity index (χ2v) is 3.39. The highest BCUT2D eigenvalue weighted by Crippen LogP contribution is 2.26. The quantitative estimate of drug-likeness (QED) is 0.712. The van der Waals surface area contributed by atoms with Crippen LogP contribution in [0.3, 0.4) is 0 Å². The average Bonchev–Trinajstić information content (AvgIpc) is 2.27. The number of hydrogen-bond acceptors (Lipinski definition) is 6. The lowest BCUT2D eigenvalue weighted by molar-refractivity contribution is 0.157. The van der Waals surface area contributed by atoms with Gasteiger partial charge in [-0.05, 0) is 13.8 Å². The molecule has 0 atom stereocenters. The van der Waals surface area contributed by atoms with Crippen molar-refractivity contribution >= 4 is 23.4 Å². The van der Waals surface area contributed by atoms with Gasteiger partial charge in [-0.2, -0.15) is 0 Å². The van der Waals surface area contributed by atoms with Crippen molar-refractivity contribution in [3.8, 4) is 5.75 Å². The third-order valence-corrected chi connectivity index (χ3v) is 2.29. The number of aromatic nitrogens is 1. The Morgan fingerprint density at radius 2 is 1.88 bits per heavy atom. The van der Waals surface area contributed by atoms with Crippen LogP contribution in [0.2, 0.25) is 0 Å². The van der Waals surface area contributed by atoms with Crippen LogP contribution in [0.15, 0.2) is 6.07 Å². The molecule has 0 bridgehead atoms. The first-order valence-corrected chi connectivity index (χ1v) is 5.27. The number of nitrogens with zero attached hydrogens (tertiary/aromatic N) is 2. The van der Waals surface area contributed by atoms with Crippen molar-refractivity contribution in [1.82, 2.24) is 9.88 Å². The summed E-state index contributed by atoms with van der Waals surface area (Å²) in [4.78, 5) is 16.9. The summed E-state index contributed by atoms with van der Waals surface area (Å²) in [5.74, 6) is 0.274. The van der Waals surface area contributed by atoms with E-state index >= 15 is 0 Å². The van der Waals surface area contributed by atoms with Crippen molar-refractivity contribution in [2.45, 2.75) is 13.8 Å². The van der Waals surface area contributed by atoms with Gasteiger partial charge < -0.3 is 26.8 Å². The van der Waals surface area contributed by atoms with Gasteiger partial charge in [-0.3, -0.25) is 0 Å². The molecule has 1 rings (SSSR count). The number of anilines is 3. The van der Waals surface area contributed by atoms with E-state index in [-0.39, 0.29) is 23.1 Å². The van der Waals surface area contributed by atoms with E-state index in [1.54, 1.807) is 0 Å². The van der Waals surface area contributed by atoms with Crippen LogP contribution >= 0.6 is 0 Å². The fourth-order valence-electron chi connectivity index (χ4n) is 1.26. The standard InChI is InChI=1S/C10H17N5O2/c1-3-15(4-2)10(16)17-7-5-6(11)8(12)14-9(7)13/h5H,3-4,11H2,1-2H3,(H4,12,13,14). The van der Waals surface area contributed by atoms with Gasteiger partial charge in [0.05, 0.1) is 5.69 Å². The number of rotatable bonds is 3. The van der Waals surface area contributed by atoms with Crippen molar-refractivity contribution in [1.29, 1.82) is 0 Å². The van der Waals surface area contributed by atoms with E-state index in [1.807, 2.05) is 13.8 Å². The van der Waals surface area contributed by atoms with E-state index in [2.05, 4.69) is 4.98 Å². The molecule has 0 unspecified atom stereocenters. The van der Waals surface area contributed by atoms with Crippen molar-refractivity contribution < 1.29 is 9.53 Å². The molecule has 0 aromatic carbocycles. The molecule has 0 saturated carbocycles. The molecule has 1 amide bonds. The Balaban J connectivity index is 2.88. The Hall–Kier alpha value is -2.18. The SMILES string of the molecule is CCN(CC)C(=O)Oc1cc(N)c(N)nc1N. The molecule has 0 fully saturated rings. The zero-order valence-corrected chi connectivity index (χ0v) is 9.93. The van der Waals surface area contributed by atoms with Crippen molar-refractivity contribution in [2.75, 3.05) is 30.3 Å². The number of hydrogen-bond donors (Lipinski definition) is 3. The maximum Gasteiger partial charge on any atom is 0.415 e. The van der Waals surface area contributed by atoms with Gasteiger partial charge in [0.25, 0.3) is 0 Å². The molecule has 1 heterocycles. The molecule has 6 N–H and O–H groups in total. The molecule has 0 aliphatic heterocycles. The van der Waals surface area contributed by atoms with Crippen LogP contribution in [-0.2, 0) is 0 Å². The van der Waals surface area contributed by atoms with Gasteiger partial charge in [0.1, 0.15) is 5.82 Å². The van der Waals surface area contributed by atoms with Crippen LogP contribution in [0, 0.1) is 0 Å². The lowest BCUT2D eigenvalue weighted by Crippen LogP contribution is -2.33. The zero-order valence-electron chi connectivity index (χ0n) is 9.93. The molecule has 0 spiro atoms. The van der Waals surface area contributed by atoms with Gasteiger partial charge in [-0.15, -0.1) is 0 Å². The van der Waals surface area contributed by atoms with Crippen LogP contribution in [0.1, 0.15) is 13.8 Å². The van der Waals surface area contributed by atoms with E-state index in [1.165, 1.54) is 11.0 Å². The summed E-state index contributed by atoms with van der Waals surface area (Å²) in [5, 5.41) is 0. The minimum absolute atomic E-state index is 0.0391. The van der Waals surface area contributed by atoms with E-state index in [9.17, 15) is 4.79 Å². The van der Waals surface area contributed by atoms with Gasteiger partial charge >= 0.3 is 6.09 Å². The van der Waals surface area contributed by atoms with Crippen LogP contribution in [0.25, 0.3) is 0 Å². The molecule has 17 heavy (non-hydrogen) atoms. The van der Waals surface area contributed by atoms with E-state index in [0.717, 1.165) is 0 Å². The molecule has 0 radical (unpaired) electrons. The number of carbonyl (C=O) groups is 1. The molecule has 0 aliphatic rings. The summed E-state index contributed by atoms with van der Waals surface area (Å²) >= 11 is 0. The van der Waals surface area contributed by atoms with Crippen molar-refractivity contribution in [3.05, 3.63) is 6.07 Å². The molecule has 7 heteroatoms. The summed E-state index contributed by atoms with van der Waals surface area (Å²) < 4.78 is 5.09. The van der Waals surface area contributed by atoms with Crippen LogP contribution in [0.4, 0.5) is 22.1 Å². The second-order valence-electron chi connectivity index (χ2n) is 3.39. The molecule has 0 aliphatic carbocycles. The van der Waals surface area contributed by atoms with Crippen LogP contribution in [0.5, 0.6) is 5.75 Å². The second kappa shape index (κ2) is 5.24. The number of amides is 1. The van der Waals surface area contributed by atoms with Crippen molar-refractivity contribution in [3.63, 3.8) is 0 Å². The number of carbonyl (C=O) groups excluding carboxylic acids is 1. The summed E-state index contributed by atoms with van der Waals surface area (Å²) in [6.07, 6.45) is -0.493. The largest absolute Gasteiger partial charge is 0.415 e. The Labute approximate surface area is 99.5 Å². The maximum absolute atomic E-state index is 11.7. The van der Waals surface area contributed by atoms with E-state index in [4.69, 9.17) is 21.9 Å². The highest BCUT2D eigenvalue weighted by molar-refractivity contribution is 5.75. The average molecular weight is 239 g/mol. The highest BCUT2D eigenvalue weighted by atomic mass is 16.6. The Morgan fingerprint density at radius 3 is 2.41 bits per heavy atom. The fraction of sp³-hybridized carbons (Fsp3) is 0.400. The third-order valence-electron chi connectivity index (χ3n) is 2.29. The molecular weight excluding hydrogens is 222 g/mol. The predicted molar refractivity (Wildman–Crippen MR) is 66.4 cm³/mol. The summed E-state index contributed by atoms with van der Waals surface area (Å²) in [6, 6.07) is 1.39. The van der Waals surface area contributed by atoms with Gasteiger partial charge in [0.2, 0.25) is 0 Å². The number of ether oxygens (including phenoxy) is 1. The molecular formula is C10H17N5O2. The normalized spacial score (nSPS) is 10.0. The van der Waals surface area contributed by atoms with Gasteiger partial charge in [0, 0.05) is 19.2 Å². The van der Waals surface area contributed by atoms with Gasteiger partial charge in [-0.25, -0.2) is 9.78 Å². The fourth-order valence-corrected chi connectivity index (χ4v) is 1.26. The topological polar surface area (TPSA) is 120 Å². The lowest BCUT2D eigenvalue weighted by Gasteiger charge is -2.18. The summed E-state index contributed by atoms with van der Waals surface area (Å²) in [6.45, 7) is 4.80. The molecule has 7 nitrogen and oxygen atoms in total. The minimum atomic E-state index is -0.493. The Morgan fingerprint density at radius 1 is 1.29 bits per heavy atom. The zero-order chi connectivity index (χ0) is 13.0.